The third-order valence-electron chi connectivity index (χ3n) is 4.75. The van der Waals surface area contributed by atoms with Crippen LogP contribution in [0.1, 0.15) is 47.7 Å². The molecule has 0 radical (unpaired) electrons. The third-order valence-corrected chi connectivity index (χ3v) is 4.75. The summed E-state index contributed by atoms with van der Waals surface area (Å²) in [5.41, 5.74) is 2.47. The standard InChI is InChI=1S/C19H20N2O5/c1-10-16-12(21-23)7-19(2,3)8-15(16)26-17(10)18(22)20-11-4-5-13-14(6-11)25-9-24-13/h4-6,23H,7-9H2,1-3H3,(H,20,22)/b21-12-. The summed E-state index contributed by atoms with van der Waals surface area (Å²) in [6, 6.07) is 5.20. The number of rotatable bonds is 2. The Morgan fingerprint density at radius 2 is 2.00 bits per heavy atom. The van der Waals surface area contributed by atoms with Crippen molar-refractivity contribution in [3.8, 4) is 11.5 Å². The highest BCUT2D eigenvalue weighted by Gasteiger charge is 2.36. The van der Waals surface area contributed by atoms with Gasteiger partial charge in [0.2, 0.25) is 6.79 Å². The zero-order valence-corrected chi connectivity index (χ0v) is 14.9. The van der Waals surface area contributed by atoms with Gasteiger partial charge in [0.25, 0.3) is 5.91 Å². The van der Waals surface area contributed by atoms with E-state index in [1.54, 1.807) is 25.1 Å². The zero-order valence-electron chi connectivity index (χ0n) is 14.9. The number of hydrogen-bond donors (Lipinski definition) is 2. The van der Waals surface area contributed by atoms with Crippen LogP contribution in [-0.4, -0.2) is 23.6 Å². The van der Waals surface area contributed by atoms with E-state index in [2.05, 4.69) is 24.3 Å². The van der Waals surface area contributed by atoms with Crippen molar-refractivity contribution in [1.82, 2.24) is 0 Å². The number of nitrogens with one attached hydrogen (secondary N) is 1. The topological polar surface area (TPSA) is 93.3 Å². The highest BCUT2D eigenvalue weighted by atomic mass is 16.7. The smallest absolute Gasteiger partial charge is 0.291 e. The molecule has 2 aromatic rings. The van der Waals surface area contributed by atoms with Crippen LogP contribution in [-0.2, 0) is 6.42 Å². The Morgan fingerprint density at radius 3 is 2.77 bits per heavy atom. The molecule has 7 nitrogen and oxygen atoms in total. The lowest BCUT2D eigenvalue weighted by molar-refractivity contribution is 0.0993. The summed E-state index contributed by atoms with van der Waals surface area (Å²) in [7, 11) is 0. The molecule has 2 N–H and O–H groups in total. The molecule has 1 amide bonds. The molecular weight excluding hydrogens is 336 g/mol. The van der Waals surface area contributed by atoms with E-state index in [1.807, 2.05) is 0 Å². The zero-order chi connectivity index (χ0) is 18.5. The second-order valence-electron chi connectivity index (χ2n) is 7.44. The van der Waals surface area contributed by atoms with Gasteiger partial charge in [-0.1, -0.05) is 19.0 Å². The molecule has 136 valence electrons. The minimum absolute atomic E-state index is 0.0933. The lowest BCUT2D eigenvalue weighted by Gasteiger charge is -2.28. The molecule has 0 saturated carbocycles. The minimum Gasteiger partial charge on any atom is -0.455 e. The van der Waals surface area contributed by atoms with Crippen molar-refractivity contribution in [2.75, 3.05) is 12.1 Å². The van der Waals surface area contributed by atoms with Crippen molar-refractivity contribution >= 4 is 17.3 Å². The summed E-state index contributed by atoms with van der Waals surface area (Å²) in [6.45, 7) is 6.13. The van der Waals surface area contributed by atoms with E-state index in [0.29, 0.717) is 47.1 Å². The molecule has 0 atom stereocenters. The number of nitrogens with zero attached hydrogens (tertiary/aromatic N) is 1. The van der Waals surface area contributed by atoms with Gasteiger partial charge in [-0.2, -0.15) is 0 Å². The van der Waals surface area contributed by atoms with Crippen molar-refractivity contribution in [3.05, 3.63) is 40.8 Å². The van der Waals surface area contributed by atoms with E-state index in [-0.39, 0.29) is 23.9 Å². The van der Waals surface area contributed by atoms with Crippen LogP contribution in [0.5, 0.6) is 11.5 Å². The number of fused-ring (bicyclic) bond motifs is 2. The Bertz CT molecular complexity index is 926. The minimum atomic E-state index is -0.356. The lowest BCUT2D eigenvalue weighted by atomic mass is 9.75. The van der Waals surface area contributed by atoms with Gasteiger partial charge in [-0.25, -0.2) is 0 Å². The van der Waals surface area contributed by atoms with Crippen LogP contribution in [0.4, 0.5) is 5.69 Å². The van der Waals surface area contributed by atoms with Gasteiger partial charge in [0.05, 0.1) is 5.71 Å². The number of furan rings is 1. The van der Waals surface area contributed by atoms with E-state index in [1.165, 1.54) is 0 Å². The summed E-state index contributed by atoms with van der Waals surface area (Å²) in [5.74, 6) is 1.80. The molecule has 0 bridgehead atoms. The molecule has 1 aromatic heterocycles. The summed E-state index contributed by atoms with van der Waals surface area (Å²) in [6.07, 6.45) is 1.31. The second-order valence-corrected chi connectivity index (χ2v) is 7.44. The van der Waals surface area contributed by atoms with Crippen molar-refractivity contribution in [2.24, 2.45) is 10.6 Å². The first-order chi connectivity index (χ1) is 12.4. The Morgan fingerprint density at radius 1 is 1.23 bits per heavy atom. The molecule has 1 aliphatic heterocycles. The maximum atomic E-state index is 12.7. The SMILES string of the molecule is Cc1c(C(=O)Nc2ccc3c(c2)OCO3)oc2c1/C(=N\O)CC(C)(C)C2. The largest absolute Gasteiger partial charge is 0.455 e. The van der Waals surface area contributed by atoms with Gasteiger partial charge in [0, 0.05) is 29.3 Å². The number of carbonyl (C=O) groups excluding carboxylic acids is 1. The van der Waals surface area contributed by atoms with Gasteiger partial charge >= 0.3 is 0 Å². The van der Waals surface area contributed by atoms with E-state index < -0.39 is 0 Å². The number of benzene rings is 1. The predicted molar refractivity (Wildman–Crippen MR) is 94.4 cm³/mol. The average Bonchev–Trinajstić information content (AvgIpc) is 3.17. The number of ether oxygens (including phenoxy) is 2. The van der Waals surface area contributed by atoms with Crippen LogP contribution in [0.3, 0.4) is 0 Å². The first kappa shape index (κ1) is 16.5. The maximum Gasteiger partial charge on any atom is 0.291 e. The maximum absolute atomic E-state index is 12.7. The second kappa shape index (κ2) is 5.79. The monoisotopic (exact) mass is 356 g/mol. The van der Waals surface area contributed by atoms with Crippen LogP contribution in [0, 0.1) is 12.3 Å². The Kier molecular flexibility index (Phi) is 3.68. The molecule has 7 heteroatoms. The predicted octanol–water partition coefficient (Wildman–Crippen LogP) is 3.72. The summed E-state index contributed by atoms with van der Waals surface area (Å²) >= 11 is 0. The molecule has 2 aliphatic rings. The van der Waals surface area contributed by atoms with Crippen LogP contribution < -0.4 is 14.8 Å². The van der Waals surface area contributed by atoms with Gasteiger partial charge in [0.15, 0.2) is 17.3 Å². The number of hydrogen-bond acceptors (Lipinski definition) is 6. The quantitative estimate of drug-likeness (QED) is 0.632. The van der Waals surface area contributed by atoms with Crippen molar-refractivity contribution in [1.29, 1.82) is 0 Å². The van der Waals surface area contributed by atoms with Gasteiger partial charge in [-0.05, 0) is 30.9 Å². The van der Waals surface area contributed by atoms with Gasteiger partial charge in [-0.15, -0.1) is 0 Å². The molecule has 2 heterocycles. The number of oxime groups is 1. The van der Waals surface area contributed by atoms with Crippen LogP contribution >= 0.6 is 0 Å². The first-order valence-electron chi connectivity index (χ1n) is 8.42. The van der Waals surface area contributed by atoms with Crippen LogP contribution in [0.15, 0.2) is 27.8 Å². The van der Waals surface area contributed by atoms with Crippen LogP contribution in [0.2, 0.25) is 0 Å². The Balaban J connectivity index is 1.64. The Hall–Kier alpha value is -2.96. The fourth-order valence-electron chi connectivity index (χ4n) is 3.58. The molecule has 26 heavy (non-hydrogen) atoms. The molecule has 0 fully saturated rings. The number of anilines is 1. The van der Waals surface area contributed by atoms with Crippen molar-refractivity contribution in [2.45, 2.75) is 33.6 Å². The molecule has 0 saturated heterocycles. The van der Waals surface area contributed by atoms with Gasteiger partial charge < -0.3 is 24.4 Å². The van der Waals surface area contributed by atoms with Crippen molar-refractivity contribution in [3.63, 3.8) is 0 Å². The first-order valence-corrected chi connectivity index (χ1v) is 8.42. The lowest BCUT2D eigenvalue weighted by Crippen LogP contribution is -2.27. The molecule has 1 aliphatic carbocycles. The molecular formula is C19H20N2O5. The molecule has 0 unspecified atom stereocenters. The fraction of sp³-hybridized carbons (Fsp3) is 0.368. The summed E-state index contributed by atoms with van der Waals surface area (Å²) in [5, 5.41) is 15.6. The normalized spacial score (nSPS) is 18.7. The number of carbonyl (C=O) groups is 1. The molecule has 0 spiro atoms. The van der Waals surface area contributed by atoms with Gasteiger partial charge in [-0.3, -0.25) is 4.79 Å². The highest BCUT2D eigenvalue weighted by molar-refractivity contribution is 6.09. The van der Waals surface area contributed by atoms with Gasteiger partial charge in [0.1, 0.15) is 5.76 Å². The fourth-order valence-corrected chi connectivity index (χ4v) is 3.58. The average molecular weight is 356 g/mol. The Labute approximate surface area is 150 Å². The summed E-state index contributed by atoms with van der Waals surface area (Å²) in [4.78, 5) is 12.7. The highest BCUT2D eigenvalue weighted by Crippen LogP contribution is 2.39. The number of amides is 1. The van der Waals surface area contributed by atoms with E-state index in [4.69, 9.17) is 13.9 Å². The van der Waals surface area contributed by atoms with E-state index >= 15 is 0 Å². The third kappa shape index (κ3) is 2.69. The summed E-state index contributed by atoms with van der Waals surface area (Å²) < 4.78 is 16.5. The van der Waals surface area contributed by atoms with Crippen LogP contribution in [0.25, 0.3) is 0 Å². The van der Waals surface area contributed by atoms with E-state index in [9.17, 15) is 10.0 Å². The van der Waals surface area contributed by atoms with Crippen molar-refractivity contribution < 1.29 is 23.9 Å². The van der Waals surface area contributed by atoms with E-state index in [0.717, 1.165) is 5.56 Å². The molecule has 4 rings (SSSR count). The molecule has 1 aromatic carbocycles.